The third kappa shape index (κ3) is 14.6. The van der Waals surface area contributed by atoms with Gasteiger partial charge in [0.25, 0.3) is 0 Å². The number of carbonyl (C=O) groups excluding carboxylic acids is 1. The number of carbonyl (C=O) groups is 2. The lowest BCUT2D eigenvalue weighted by Crippen LogP contribution is -2.44. The summed E-state index contributed by atoms with van der Waals surface area (Å²) in [5.74, 6) is -1.53. The highest BCUT2D eigenvalue weighted by Crippen LogP contribution is 2.26. The van der Waals surface area contributed by atoms with Gasteiger partial charge in [-0.05, 0) is 124 Å². The van der Waals surface area contributed by atoms with Crippen molar-refractivity contribution in [3.63, 3.8) is 0 Å². The Kier molecular flexibility index (Phi) is 18.8. The molecule has 0 aliphatic heterocycles. The second-order valence-corrected chi connectivity index (χ2v) is 17.9. The number of ether oxygens (including phenoxy) is 3. The van der Waals surface area contributed by atoms with Crippen LogP contribution < -0.4 is 42.9 Å². The first-order chi connectivity index (χ1) is 33.7. The molecule has 2 heterocycles. The molecule has 0 bridgehead atoms. The van der Waals surface area contributed by atoms with Crippen LogP contribution in [0, 0.1) is 25.7 Å². The lowest BCUT2D eigenvalue weighted by atomic mass is 10.1. The highest BCUT2D eigenvalue weighted by Gasteiger charge is 2.22. The second kappa shape index (κ2) is 24.7. The van der Waals surface area contributed by atoms with E-state index in [9.17, 15) is 33.9 Å². The average molecular weight is 975 g/mol. The SMILES string of the molecule is CCc1ccc(Cn2c(Nc3ccc(OC(C)C)c(C)c3)nc(=O)n(C[C@H](C)C(=O)O)c2=O)cc1.CCc1ccc(Cn2c(Nc3ccc(OC(C)C)c(C)c3)nc(=O)n(C[C@H](C)C(=O)OC)c2=O)cc1. The van der Waals surface area contributed by atoms with E-state index >= 15 is 0 Å². The van der Waals surface area contributed by atoms with E-state index in [4.69, 9.17) is 14.2 Å². The van der Waals surface area contributed by atoms with E-state index in [-0.39, 0.29) is 50.3 Å². The summed E-state index contributed by atoms with van der Waals surface area (Å²) in [5, 5.41) is 15.5. The maximum Gasteiger partial charge on any atom is 0.354 e. The molecular weight excluding hydrogens is 909 g/mol. The van der Waals surface area contributed by atoms with E-state index in [2.05, 4.69) is 34.4 Å². The number of nitrogens with one attached hydrogen (secondary N) is 2. The number of rotatable bonds is 20. The molecule has 2 atom stereocenters. The monoisotopic (exact) mass is 974 g/mol. The zero-order valence-electron chi connectivity index (χ0n) is 42.4. The lowest BCUT2D eigenvalue weighted by Gasteiger charge is -2.18. The molecule has 0 amide bonds. The minimum atomic E-state index is -1.10. The molecule has 0 spiro atoms. The van der Waals surface area contributed by atoms with E-state index in [0.29, 0.717) is 11.4 Å². The number of hydrogen-bond acceptors (Lipinski definition) is 13. The van der Waals surface area contributed by atoms with Gasteiger partial charge < -0.3 is 30.0 Å². The number of anilines is 4. The van der Waals surface area contributed by atoms with Gasteiger partial charge in [0.2, 0.25) is 11.9 Å². The number of hydrogen-bond donors (Lipinski definition) is 3. The number of esters is 1. The van der Waals surface area contributed by atoms with Crippen LogP contribution in [-0.4, -0.2) is 64.6 Å². The Labute approximate surface area is 412 Å². The van der Waals surface area contributed by atoms with Crippen LogP contribution in [0.4, 0.5) is 23.3 Å². The number of carboxylic acid groups (broad SMARTS) is 1. The summed E-state index contributed by atoms with van der Waals surface area (Å²) in [6, 6.07) is 26.7. The van der Waals surface area contributed by atoms with Crippen molar-refractivity contribution in [3.05, 3.63) is 160 Å². The molecular formula is C53H66N8O10. The highest BCUT2D eigenvalue weighted by atomic mass is 16.5. The van der Waals surface area contributed by atoms with Gasteiger partial charge in [0.15, 0.2) is 0 Å². The van der Waals surface area contributed by atoms with Crippen LogP contribution in [0.25, 0.3) is 0 Å². The molecule has 3 N–H and O–H groups in total. The molecule has 378 valence electrons. The number of carboxylic acids is 1. The Hall–Kier alpha value is -7.76. The molecule has 0 aliphatic carbocycles. The Bertz CT molecular complexity index is 3050. The predicted octanol–water partition coefficient (Wildman–Crippen LogP) is 7.24. The minimum absolute atomic E-state index is 0.0271. The van der Waals surface area contributed by atoms with Crippen LogP contribution in [0.1, 0.15) is 88.8 Å². The number of nitrogens with zero attached hydrogens (tertiary/aromatic N) is 6. The van der Waals surface area contributed by atoms with Crippen molar-refractivity contribution in [3.8, 4) is 11.5 Å². The van der Waals surface area contributed by atoms with Crippen molar-refractivity contribution >= 4 is 35.2 Å². The van der Waals surface area contributed by atoms with Crippen molar-refractivity contribution in [2.75, 3.05) is 17.7 Å². The van der Waals surface area contributed by atoms with Gasteiger partial charge in [-0.1, -0.05) is 76.2 Å². The number of aromatic nitrogens is 6. The third-order valence-electron chi connectivity index (χ3n) is 11.4. The highest BCUT2D eigenvalue weighted by molar-refractivity contribution is 5.71. The van der Waals surface area contributed by atoms with Gasteiger partial charge in [-0.3, -0.25) is 18.7 Å². The zero-order chi connectivity index (χ0) is 52.1. The van der Waals surface area contributed by atoms with Crippen LogP contribution in [-0.2, 0) is 53.3 Å². The molecule has 0 radical (unpaired) electrons. The van der Waals surface area contributed by atoms with Crippen LogP contribution in [0.2, 0.25) is 0 Å². The van der Waals surface area contributed by atoms with E-state index in [1.807, 2.05) is 120 Å². The maximum atomic E-state index is 13.5. The molecule has 0 saturated carbocycles. The Morgan fingerprint density at radius 2 is 0.930 bits per heavy atom. The smallest absolute Gasteiger partial charge is 0.354 e. The van der Waals surface area contributed by atoms with Crippen molar-refractivity contribution in [1.82, 2.24) is 28.2 Å². The van der Waals surface area contributed by atoms with Crippen LogP contribution in [0.5, 0.6) is 11.5 Å². The first kappa shape index (κ1) is 54.2. The largest absolute Gasteiger partial charge is 0.491 e. The topological polar surface area (TPSA) is 220 Å². The summed E-state index contributed by atoms with van der Waals surface area (Å²) in [7, 11) is 1.27. The van der Waals surface area contributed by atoms with Gasteiger partial charge in [-0.15, -0.1) is 0 Å². The Morgan fingerprint density at radius 1 is 0.563 bits per heavy atom. The summed E-state index contributed by atoms with van der Waals surface area (Å²) < 4.78 is 20.9. The minimum Gasteiger partial charge on any atom is -0.491 e. The van der Waals surface area contributed by atoms with Crippen molar-refractivity contribution in [2.45, 2.75) is 120 Å². The molecule has 18 heteroatoms. The van der Waals surface area contributed by atoms with Crippen LogP contribution in [0.3, 0.4) is 0 Å². The molecule has 0 aliphatic rings. The van der Waals surface area contributed by atoms with Crippen molar-refractivity contribution < 1.29 is 28.9 Å². The zero-order valence-corrected chi connectivity index (χ0v) is 42.4. The van der Waals surface area contributed by atoms with Crippen molar-refractivity contribution in [2.24, 2.45) is 11.8 Å². The molecule has 18 nitrogen and oxygen atoms in total. The summed E-state index contributed by atoms with van der Waals surface area (Å²) in [6.07, 6.45) is 1.86. The first-order valence-corrected chi connectivity index (χ1v) is 23.7. The van der Waals surface area contributed by atoms with Gasteiger partial charge in [0.05, 0.1) is 44.2 Å². The summed E-state index contributed by atoms with van der Waals surface area (Å²) in [6.45, 7) is 18.8. The Balaban J connectivity index is 0.000000264. The van der Waals surface area contributed by atoms with E-state index < -0.39 is 46.5 Å². The van der Waals surface area contributed by atoms with Crippen LogP contribution >= 0.6 is 0 Å². The molecule has 6 rings (SSSR count). The second-order valence-electron chi connectivity index (χ2n) is 17.9. The van der Waals surface area contributed by atoms with Gasteiger partial charge in [-0.2, -0.15) is 9.97 Å². The number of aliphatic carboxylic acids is 1. The fourth-order valence-corrected chi connectivity index (χ4v) is 7.36. The van der Waals surface area contributed by atoms with E-state index in [1.165, 1.54) is 28.7 Å². The van der Waals surface area contributed by atoms with Crippen LogP contribution in [0.15, 0.2) is 104 Å². The fraction of sp³-hybridized carbons (Fsp3) is 0.396. The summed E-state index contributed by atoms with van der Waals surface area (Å²) in [5.41, 5.74) is 4.41. The molecule has 0 saturated heterocycles. The third-order valence-corrected chi connectivity index (χ3v) is 11.4. The van der Waals surface area contributed by atoms with Gasteiger partial charge >= 0.3 is 34.7 Å². The normalized spacial score (nSPS) is 11.9. The quantitative estimate of drug-likeness (QED) is 0.0643. The molecule has 4 aromatic carbocycles. The molecule has 6 aromatic rings. The maximum absolute atomic E-state index is 13.5. The van der Waals surface area contributed by atoms with E-state index in [1.54, 1.807) is 13.0 Å². The fourth-order valence-electron chi connectivity index (χ4n) is 7.36. The molecule has 0 unspecified atom stereocenters. The number of methoxy groups -OCH3 is 1. The number of aryl methyl sites for hydroxylation is 4. The average Bonchev–Trinajstić information content (AvgIpc) is 3.33. The van der Waals surface area contributed by atoms with Gasteiger partial charge in [0.1, 0.15) is 11.5 Å². The lowest BCUT2D eigenvalue weighted by molar-refractivity contribution is -0.145. The predicted molar refractivity (Wildman–Crippen MR) is 274 cm³/mol. The standard InChI is InChI=1S/C27H34N4O5.C26H32N4O5/c1-7-20-8-10-21(11-9-20)16-30-25(28-22-12-13-23(18(4)14-22)36-17(2)3)29-26(33)31(27(30)34)15-19(5)24(32)35-6;1-6-19-7-9-20(10-8-19)15-29-24(27-21-11-12-22(17(4)13-21)35-16(2)3)28-25(33)30(26(29)34)14-18(5)23(31)32/h8-14,17,19H,7,15-16H2,1-6H3,(H,28,29,33);7-13,16,18H,6,14-15H2,1-5H3,(H,31,32)(H,27,28,33)/t19-;18-/m00/s1. The first-order valence-electron chi connectivity index (χ1n) is 23.7. The Morgan fingerprint density at radius 3 is 1.25 bits per heavy atom. The summed E-state index contributed by atoms with van der Waals surface area (Å²) >= 11 is 0. The molecule has 0 fully saturated rings. The molecule has 2 aromatic heterocycles. The number of benzene rings is 4. The van der Waals surface area contributed by atoms with E-state index in [0.717, 1.165) is 61.3 Å². The summed E-state index contributed by atoms with van der Waals surface area (Å²) in [4.78, 5) is 84.0. The van der Waals surface area contributed by atoms with Crippen molar-refractivity contribution in [1.29, 1.82) is 0 Å². The van der Waals surface area contributed by atoms with Gasteiger partial charge in [0, 0.05) is 24.5 Å². The van der Waals surface area contributed by atoms with Gasteiger partial charge in [-0.25, -0.2) is 28.3 Å². The molecule has 71 heavy (non-hydrogen) atoms.